The fraction of sp³-hybridized carbons (Fsp3) is 0.667. The molecule has 2 aliphatic heterocycles. The lowest BCUT2D eigenvalue weighted by Crippen LogP contribution is -2.57. The highest BCUT2D eigenvalue weighted by atomic mass is 19.1. The predicted molar refractivity (Wildman–Crippen MR) is 232 cm³/mol. The number of hydrogen-bond acceptors (Lipinski definition) is 9. The molecule has 4 aromatic rings. The van der Waals surface area contributed by atoms with Gasteiger partial charge in [-0.2, -0.15) is 0 Å². The van der Waals surface area contributed by atoms with Crippen molar-refractivity contribution in [1.82, 2.24) is 28.9 Å². The highest BCUT2D eigenvalue weighted by molar-refractivity contribution is 6.05. The summed E-state index contributed by atoms with van der Waals surface area (Å²) in [5.74, 6) is -1.41. The molecular weight excluding hydrogens is 795 g/mol. The first kappa shape index (κ1) is 43.3. The number of halogens is 2. The number of fused-ring (bicyclic) bond motifs is 2. The Kier molecular flexibility index (Phi) is 12.5. The fourth-order valence-electron chi connectivity index (χ4n) is 11.3. The van der Waals surface area contributed by atoms with Crippen molar-refractivity contribution in [3.63, 3.8) is 0 Å². The lowest BCUT2D eigenvalue weighted by Gasteiger charge is -2.47. The van der Waals surface area contributed by atoms with Crippen molar-refractivity contribution in [3.05, 3.63) is 58.7 Å². The second kappa shape index (κ2) is 17.9. The number of carbonyl (C=O) groups is 2. The fourth-order valence-corrected chi connectivity index (χ4v) is 11.3. The number of pyridine rings is 2. The minimum atomic E-state index is -1.03. The topological polar surface area (TPSA) is 124 Å². The zero-order chi connectivity index (χ0) is 43.4. The Hall–Kier alpha value is -3.98. The number of rotatable bonds is 13. The summed E-state index contributed by atoms with van der Waals surface area (Å²) < 4.78 is 49.2. The molecule has 0 bridgehead atoms. The van der Waals surface area contributed by atoms with Gasteiger partial charge in [-0.25, -0.2) is 28.3 Å². The quantitative estimate of drug-likeness (QED) is 0.131. The Morgan fingerprint density at radius 2 is 1.06 bits per heavy atom. The van der Waals surface area contributed by atoms with Gasteiger partial charge in [0, 0.05) is 72.5 Å². The molecule has 0 amide bonds. The van der Waals surface area contributed by atoms with E-state index in [0.29, 0.717) is 81.7 Å². The SMILES string of the molecule is CCOC(=O)c1c(C)n([C@H](C)C2CCC(N3CC(OC4CC4)C3)CC2)c2ncc(F)cc12.Cc1c(C(=O)O)c2cc(F)cnc2n1[C@H](C)C1CCC(N2CC(OC3CC3)C2)CC1. The summed E-state index contributed by atoms with van der Waals surface area (Å²) in [6, 6.07) is 4.30. The van der Waals surface area contributed by atoms with Gasteiger partial charge < -0.3 is 28.5 Å². The Morgan fingerprint density at radius 3 is 1.45 bits per heavy atom. The van der Waals surface area contributed by atoms with E-state index in [0.717, 1.165) is 70.4 Å². The van der Waals surface area contributed by atoms with Gasteiger partial charge in [-0.15, -0.1) is 0 Å². The van der Waals surface area contributed by atoms with Crippen LogP contribution in [0, 0.1) is 37.3 Å². The third kappa shape index (κ3) is 8.77. The molecule has 0 spiro atoms. The Morgan fingerprint density at radius 1 is 0.661 bits per heavy atom. The van der Waals surface area contributed by atoms with Gasteiger partial charge in [0.2, 0.25) is 0 Å². The van der Waals surface area contributed by atoms with Crippen LogP contribution in [0.25, 0.3) is 22.1 Å². The number of carboxylic acid groups (broad SMARTS) is 1. The van der Waals surface area contributed by atoms with Crippen molar-refractivity contribution in [3.8, 4) is 0 Å². The summed E-state index contributed by atoms with van der Waals surface area (Å²) in [5.41, 5.74) is 3.33. The van der Waals surface area contributed by atoms with E-state index in [2.05, 4.69) is 38.2 Å². The maximum absolute atomic E-state index is 14.0. The van der Waals surface area contributed by atoms with Crippen LogP contribution >= 0.6 is 0 Å². The monoisotopic (exact) mass is 858 g/mol. The van der Waals surface area contributed by atoms with Crippen LogP contribution < -0.4 is 0 Å². The predicted octanol–water partition coefficient (Wildman–Crippen LogP) is 8.81. The van der Waals surface area contributed by atoms with Crippen LogP contribution in [-0.4, -0.2) is 115 Å². The molecule has 336 valence electrons. The van der Waals surface area contributed by atoms with Gasteiger partial charge >= 0.3 is 11.9 Å². The molecule has 12 nitrogen and oxygen atoms in total. The third-order valence-corrected chi connectivity index (χ3v) is 15.1. The molecule has 0 radical (unpaired) electrons. The summed E-state index contributed by atoms with van der Waals surface area (Å²) in [6.07, 6.45) is 18.5. The van der Waals surface area contributed by atoms with Crippen molar-refractivity contribution in [2.75, 3.05) is 32.8 Å². The zero-order valence-electron chi connectivity index (χ0n) is 37.0. The van der Waals surface area contributed by atoms with Gasteiger partial charge in [0.05, 0.1) is 54.5 Å². The molecule has 62 heavy (non-hydrogen) atoms. The lowest BCUT2D eigenvalue weighted by atomic mass is 9.80. The molecule has 4 aromatic heterocycles. The van der Waals surface area contributed by atoms with Crippen LogP contribution in [0.5, 0.6) is 0 Å². The van der Waals surface area contributed by atoms with Crippen LogP contribution in [-0.2, 0) is 14.2 Å². The van der Waals surface area contributed by atoms with E-state index in [4.69, 9.17) is 14.2 Å². The smallest absolute Gasteiger partial charge is 0.340 e. The standard InChI is InChI=1S/C25H34FN3O3.C23H30FN3O3/c1-4-31-25(30)23-16(3)29(24-22(23)11-18(26)12-27-24)15(2)17-5-7-19(8-6-17)28-13-21(14-28)32-20-9-10-20;1-13(27-14(2)21(23(28)29)20-9-16(24)10-25-22(20)27)15-3-5-17(6-4-15)26-11-19(12-26)30-18-7-8-18/h11-12,15,17,19-21H,4-10,13-14H2,1-3H3;9-10,13,15,17-19H,3-8,11-12H2,1-2H3,(H,28,29)/t15-,17?,19?;13-,15?,17?/m11/s1. The van der Waals surface area contributed by atoms with E-state index in [1.54, 1.807) is 6.92 Å². The first-order chi connectivity index (χ1) is 29.9. The number of ether oxygens (including phenoxy) is 3. The van der Waals surface area contributed by atoms with Gasteiger partial charge in [0.15, 0.2) is 0 Å². The number of likely N-dealkylation sites (tertiary alicyclic amines) is 2. The van der Waals surface area contributed by atoms with E-state index < -0.39 is 23.6 Å². The van der Waals surface area contributed by atoms with E-state index in [-0.39, 0.29) is 24.3 Å². The molecule has 10 rings (SSSR count). The van der Waals surface area contributed by atoms with E-state index >= 15 is 0 Å². The molecule has 1 N–H and O–H groups in total. The van der Waals surface area contributed by atoms with Crippen LogP contribution in [0.3, 0.4) is 0 Å². The summed E-state index contributed by atoms with van der Waals surface area (Å²) in [4.78, 5) is 38.3. The minimum absolute atomic E-state index is 0.127. The van der Waals surface area contributed by atoms with Crippen molar-refractivity contribution in [1.29, 1.82) is 0 Å². The van der Waals surface area contributed by atoms with Crippen LogP contribution in [0.2, 0.25) is 0 Å². The first-order valence-corrected chi connectivity index (χ1v) is 23.4. The van der Waals surface area contributed by atoms with Gasteiger partial charge in [0.1, 0.15) is 22.9 Å². The Labute approximate surface area is 363 Å². The minimum Gasteiger partial charge on any atom is -0.478 e. The Balaban J connectivity index is 0.000000158. The van der Waals surface area contributed by atoms with Gasteiger partial charge in [0.25, 0.3) is 0 Å². The largest absolute Gasteiger partial charge is 0.478 e. The molecule has 0 aromatic carbocycles. The van der Waals surface area contributed by atoms with Crippen molar-refractivity contribution in [2.24, 2.45) is 11.8 Å². The Bertz CT molecular complexity index is 2260. The number of hydrogen-bond donors (Lipinski definition) is 1. The van der Waals surface area contributed by atoms with Crippen LogP contribution in [0.1, 0.15) is 142 Å². The molecule has 2 saturated heterocycles. The number of esters is 1. The second-order valence-electron chi connectivity index (χ2n) is 19.2. The maximum Gasteiger partial charge on any atom is 0.340 e. The summed E-state index contributed by atoms with van der Waals surface area (Å²) in [7, 11) is 0. The molecule has 6 fully saturated rings. The molecule has 14 heteroatoms. The van der Waals surface area contributed by atoms with E-state index in [9.17, 15) is 23.5 Å². The number of aromatic nitrogens is 4. The normalized spacial score (nSPS) is 26.1. The van der Waals surface area contributed by atoms with Gasteiger partial charge in [-0.1, -0.05) is 0 Å². The lowest BCUT2D eigenvalue weighted by molar-refractivity contribution is -0.0864. The van der Waals surface area contributed by atoms with E-state index in [1.807, 2.05) is 18.4 Å². The van der Waals surface area contributed by atoms with Crippen LogP contribution in [0.15, 0.2) is 24.5 Å². The number of carbonyl (C=O) groups excluding carboxylic acids is 1. The molecular formula is C48H64F2N6O6. The number of nitrogens with zero attached hydrogens (tertiary/aromatic N) is 6. The summed E-state index contributed by atoms with van der Waals surface area (Å²) >= 11 is 0. The van der Waals surface area contributed by atoms with Crippen molar-refractivity contribution >= 4 is 34.0 Å². The molecule has 0 unspecified atom stereocenters. The average molecular weight is 859 g/mol. The van der Waals surface area contributed by atoms with Gasteiger partial charge in [-0.3, -0.25) is 9.80 Å². The highest BCUT2D eigenvalue weighted by Crippen LogP contribution is 2.42. The zero-order valence-corrected chi connectivity index (χ0v) is 37.0. The number of carboxylic acids is 1. The first-order valence-electron chi connectivity index (χ1n) is 23.4. The van der Waals surface area contributed by atoms with Crippen molar-refractivity contribution in [2.45, 2.75) is 160 Å². The highest BCUT2D eigenvalue weighted by Gasteiger charge is 2.41. The number of aromatic carboxylic acids is 1. The van der Waals surface area contributed by atoms with E-state index in [1.165, 1.54) is 63.1 Å². The van der Waals surface area contributed by atoms with Gasteiger partial charge in [-0.05, 0) is 136 Å². The molecule has 6 heterocycles. The molecule has 6 aliphatic rings. The molecule has 4 aliphatic carbocycles. The molecule has 4 saturated carbocycles. The van der Waals surface area contributed by atoms with Crippen molar-refractivity contribution < 1.29 is 37.7 Å². The van der Waals surface area contributed by atoms with Crippen LogP contribution in [0.4, 0.5) is 8.78 Å². The summed E-state index contributed by atoms with van der Waals surface area (Å²) in [6.45, 7) is 14.5. The average Bonchev–Trinajstić information content (AvgIpc) is 4.16. The second-order valence-corrected chi connectivity index (χ2v) is 19.2. The maximum atomic E-state index is 14.0. The summed E-state index contributed by atoms with van der Waals surface area (Å²) in [5, 5.41) is 10.6. The molecule has 2 atom stereocenters. The third-order valence-electron chi connectivity index (χ3n) is 15.1.